The molecule has 0 aromatic heterocycles. The van der Waals surface area contributed by atoms with E-state index in [4.69, 9.17) is 37.0 Å². The van der Waals surface area contributed by atoms with Gasteiger partial charge in [-0.25, -0.2) is 9.13 Å². The summed E-state index contributed by atoms with van der Waals surface area (Å²) in [6.45, 7) is 14.2. The predicted molar refractivity (Wildman–Crippen MR) is 391 cm³/mol. The molecule has 17 nitrogen and oxygen atoms in total. The van der Waals surface area contributed by atoms with Gasteiger partial charge in [0.15, 0.2) is 12.2 Å². The fourth-order valence-corrected chi connectivity index (χ4v) is 13.3. The molecule has 0 heterocycles. The molecule has 3 N–H and O–H groups in total. The first-order valence-electron chi connectivity index (χ1n) is 39.7. The van der Waals surface area contributed by atoms with Gasteiger partial charge in [0, 0.05) is 25.7 Å². The summed E-state index contributed by atoms with van der Waals surface area (Å²) >= 11 is 0. The number of carbonyl (C=O) groups is 4. The summed E-state index contributed by atoms with van der Waals surface area (Å²) in [7, 11) is -9.91. The number of aliphatic hydroxyl groups is 1. The molecule has 0 aromatic carbocycles. The number of carbonyl (C=O) groups excluding carboxylic acids is 4. The van der Waals surface area contributed by atoms with E-state index in [2.05, 4.69) is 55.4 Å². The number of phosphoric acid groups is 2. The van der Waals surface area contributed by atoms with Crippen LogP contribution in [0.2, 0.25) is 0 Å². The molecule has 5 atom stereocenters. The van der Waals surface area contributed by atoms with Crippen LogP contribution in [0.4, 0.5) is 0 Å². The van der Waals surface area contributed by atoms with Crippen molar-refractivity contribution < 1.29 is 80.2 Å². The van der Waals surface area contributed by atoms with Crippen molar-refractivity contribution in [1.29, 1.82) is 0 Å². The van der Waals surface area contributed by atoms with Gasteiger partial charge in [-0.15, -0.1) is 0 Å². The van der Waals surface area contributed by atoms with Crippen molar-refractivity contribution in [3.63, 3.8) is 0 Å². The van der Waals surface area contributed by atoms with Crippen molar-refractivity contribution in [2.75, 3.05) is 39.6 Å². The lowest BCUT2D eigenvalue weighted by molar-refractivity contribution is -0.161. The number of rotatable bonds is 74. The number of unbranched alkanes of at least 4 members (excludes halogenated alkanes) is 40. The molecular weight excluding hydrogens is 1260 g/mol. The van der Waals surface area contributed by atoms with E-state index in [9.17, 15) is 43.2 Å². The molecule has 96 heavy (non-hydrogen) atoms. The average molecular weight is 1410 g/mol. The lowest BCUT2D eigenvalue weighted by Gasteiger charge is -2.21. The standard InChI is InChI=1S/C77H150O17P2/c1-67(2)53-45-37-29-23-17-13-11-9-10-12-14-20-27-33-43-51-59-76(81)93-72(63-87-74(79)57-49-41-32-26-19-16-15-18-24-30-38-46-54-68(3)4)65-91-95(83,84)89-61-71(78)62-90-96(85,86)92-66-73(64-88-75(80)58-50-42-36-35-40-48-56-70(7)8)94-77(82)60-52-44-34-28-22-21-25-31-39-47-55-69(5)6/h67-73,78H,9-66H2,1-8H3,(H,83,84)(H,85,86)/t71-,72-,73-/m1/s1. The number of phosphoric ester groups is 2. The van der Waals surface area contributed by atoms with Gasteiger partial charge in [-0.2, -0.15) is 0 Å². The number of hydrogen-bond donors (Lipinski definition) is 3. The van der Waals surface area contributed by atoms with Crippen LogP contribution in [0, 0.1) is 23.7 Å². The smallest absolute Gasteiger partial charge is 0.462 e. The largest absolute Gasteiger partial charge is 0.472 e. The van der Waals surface area contributed by atoms with E-state index in [1.165, 1.54) is 186 Å². The monoisotopic (exact) mass is 1410 g/mol. The summed E-state index contributed by atoms with van der Waals surface area (Å²) in [6, 6.07) is 0. The van der Waals surface area contributed by atoms with Gasteiger partial charge in [-0.3, -0.25) is 37.3 Å². The molecule has 570 valence electrons. The van der Waals surface area contributed by atoms with Gasteiger partial charge in [0.2, 0.25) is 0 Å². The summed E-state index contributed by atoms with van der Waals surface area (Å²) in [5, 5.41) is 10.6. The summed E-state index contributed by atoms with van der Waals surface area (Å²) in [5.41, 5.74) is 0. The minimum Gasteiger partial charge on any atom is -0.462 e. The number of hydrogen-bond acceptors (Lipinski definition) is 15. The van der Waals surface area contributed by atoms with Crippen molar-refractivity contribution in [2.24, 2.45) is 23.7 Å². The van der Waals surface area contributed by atoms with Crippen molar-refractivity contribution in [1.82, 2.24) is 0 Å². The molecule has 0 aromatic rings. The van der Waals surface area contributed by atoms with Crippen LogP contribution in [0.1, 0.15) is 389 Å². The van der Waals surface area contributed by atoms with Gasteiger partial charge < -0.3 is 33.8 Å². The van der Waals surface area contributed by atoms with Crippen molar-refractivity contribution in [3.05, 3.63) is 0 Å². The SMILES string of the molecule is CC(C)CCCCCCCCCCCCCCCCCCC(=O)O[C@H](COC(=O)CCCCCCCCCCCCCCC(C)C)COP(=O)(O)OC[C@@H](O)COP(=O)(O)OC[C@@H](COC(=O)CCCCCCCCC(C)C)OC(=O)CCCCCCCCCCCCC(C)C. The van der Waals surface area contributed by atoms with Crippen molar-refractivity contribution in [3.8, 4) is 0 Å². The maximum absolute atomic E-state index is 13.1. The molecule has 0 aliphatic rings. The summed E-state index contributed by atoms with van der Waals surface area (Å²) in [6.07, 6.45) is 51.5. The average Bonchev–Trinajstić information content (AvgIpc) is 1.27. The van der Waals surface area contributed by atoms with Crippen LogP contribution < -0.4 is 0 Å². The normalized spacial score (nSPS) is 14.1. The third kappa shape index (κ3) is 70.5. The Labute approximate surface area is 588 Å². The van der Waals surface area contributed by atoms with E-state index in [1.807, 2.05) is 0 Å². The van der Waals surface area contributed by atoms with E-state index in [0.29, 0.717) is 31.6 Å². The third-order valence-corrected chi connectivity index (χ3v) is 19.7. The molecular formula is C77H150O17P2. The maximum Gasteiger partial charge on any atom is 0.472 e. The van der Waals surface area contributed by atoms with Crippen LogP contribution in [-0.2, 0) is 65.4 Å². The Kier molecular flexibility index (Phi) is 65.0. The highest BCUT2D eigenvalue weighted by Crippen LogP contribution is 2.45. The first-order valence-corrected chi connectivity index (χ1v) is 42.7. The van der Waals surface area contributed by atoms with Gasteiger partial charge in [0.25, 0.3) is 0 Å². The second-order valence-corrected chi connectivity index (χ2v) is 32.6. The Hall–Kier alpha value is -1.94. The maximum atomic E-state index is 13.1. The highest BCUT2D eigenvalue weighted by Gasteiger charge is 2.30. The molecule has 0 spiro atoms. The summed E-state index contributed by atoms with van der Waals surface area (Å²) in [5.74, 6) is 0.901. The molecule has 19 heteroatoms. The Morgan fingerprint density at radius 1 is 0.260 bits per heavy atom. The van der Waals surface area contributed by atoms with Crippen LogP contribution in [-0.4, -0.2) is 96.7 Å². The minimum atomic E-state index is -4.96. The fourth-order valence-electron chi connectivity index (χ4n) is 11.7. The zero-order valence-electron chi connectivity index (χ0n) is 63.0. The minimum absolute atomic E-state index is 0.105. The number of ether oxygens (including phenoxy) is 4. The molecule has 0 saturated carbocycles. The highest BCUT2D eigenvalue weighted by atomic mass is 31.2. The Balaban J connectivity index is 5.23. The lowest BCUT2D eigenvalue weighted by Crippen LogP contribution is -2.30. The zero-order valence-corrected chi connectivity index (χ0v) is 64.8. The predicted octanol–water partition coefficient (Wildman–Crippen LogP) is 22.4. The van der Waals surface area contributed by atoms with E-state index < -0.39 is 97.5 Å². The van der Waals surface area contributed by atoms with E-state index in [0.717, 1.165) is 114 Å². The first kappa shape index (κ1) is 94.1. The van der Waals surface area contributed by atoms with Crippen LogP contribution >= 0.6 is 15.6 Å². The Morgan fingerprint density at radius 3 is 0.646 bits per heavy atom. The molecule has 0 fully saturated rings. The van der Waals surface area contributed by atoms with Crippen molar-refractivity contribution >= 4 is 39.5 Å². The molecule has 0 bridgehead atoms. The van der Waals surface area contributed by atoms with Crippen molar-refractivity contribution in [2.45, 2.75) is 408 Å². The van der Waals surface area contributed by atoms with Crippen LogP contribution in [0.25, 0.3) is 0 Å². The van der Waals surface area contributed by atoms with E-state index in [1.54, 1.807) is 0 Å². The highest BCUT2D eigenvalue weighted by molar-refractivity contribution is 7.47. The topological polar surface area (TPSA) is 237 Å². The third-order valence-electron chi connectivity index (χ3n) is 17.8. The molecule has 2 unspecified atom stereocenters. The van der Waals surface area contributed by atoms with Crippen LogP contribution in [0.3, 0.4) is 0 Å². The Morgan fingerprint density at radius 2 is 0.438 bits per heavy atom. The molecule has 0 saturated heterocycles. The molecule has 0 amide bonds. The Bertz CT molecular complexity index is 1880. The van der Waals surface area contributed by atoms with E-state index >= 15 is 0 Å². The second-order valence-electron chi connectivity index (χ2n) is 29.7. The molecule has 0 radical (unpaired) electrons. The first-order chi connectivity index (χ1) is 46.1. The quantitative estimate of drug-likeness (QED) is 0.0222. The van der Waals surface area contributed by atoms with Gasteiger partial charge in [0.1, 0.15) is 19.3 Å². The lowest BCUT2D eigenvalue weighted by atomic mass is 10.0. The molecule has 0 aliphatic carbocycles. The van der Waals surface area contributed by atoms with Gasteiger partial charge in [-0.1, -0.05) is 338 Å². The second kappa shape index (κ2) is 66.3. The summed E-state index contributed by atoms with van der Waals surface area (Å²) < 4.78 is 68.5. The van der Waals surface area contributed by atoms with Gasteiger partial charge in [-0.05, 0) is 49.4 Å². The number of aliphatic hydroxyl groups excluding tert-OH is 1. The van der Waals surface area contributed by atoms with Gasteiger partial charge >= 0.3 is 39.5 Å². The summed E-state index contributed by atoms with van der Waals surface area (Å²) in [4.78, 5) is 72.8. The molecule has 0 aliphatic heterocycles. The fraction of sp³-hybridized carbons (Fsp3) is 0.948. The van der Waals surface area contributed by atoms with Gasteiger partial charge in [0.05, 0.1) is 26.4 Å². The zero-order chi connectivity index (χ0) is 71.0. The van der Waals surface area contributed by atoms with Crippen LogP contribution in [0.5, 0.6) is 0 Å². The van der Waals surface area contributed by atoms with Crippen LogP contribution in [0.15, 0.2) is 0 Å². The molecule has 0 rings (SSSR count). The number of esters is 4. The van der Waals surface area contributed by atoms with E-state index in [-0.39, 0.29) is 25.7 Å².